The third-order valence-corrected chi connectivity index (χ3v) is 19.7. The number of amides is 6. The number of fused-ring (bicyclic) bond motifs is 1. The Kier molecular flexibility index (Phi) is 14.1. The maximum atomic E-state index is 14.5. The van der Waals surface area contributed by atoms with Crippen molar-refractivity contribution >= 4 is 95.3 Å². The molecule has 0 spiro atoms. The molecule has 3 atom stereocenters. The molecule has 65 heavy (non-hydrogen) atoms. The number of hydroxylamine groups is 1. The zero-order valence-corrected chi connectivity index (χ0v) is 38.7. The molecule has 2 saturated heterocycles. The minimum Gasteiger partial charge on any atom is -0.492 e. The number of aromatic hydroxyl groups is 1. The van der Waals surface area contributed by atoms with Crippen molar-refractivity contribution in [2.45, 2.75) is 53.2 Å². The van der Waals surface area contributed by atoms with Gasteiger partial charge in [0, 0.05) is 42.5 Å². The second-order valence-electron chi connectivity index (χ2n) is 15.7. The van der Waals surface area contributed by atoms with Crippen LogP contribution in [0, 0.1) is 0 Å². The Morgan fingerprint density at radius 2 is 1.52 bits per heavy atom. The molecule has 0 bridgehead atoms. The lowest BCUT2D eigenvalue weighted by Gasteiger charge is -2.49. The summed E-state index contributed by atoms with van der Waals surface area (Å²) in [6, 6.07) is 25.0. The van der Waals surface area contributed by atoms with Gasteiger partial charge in [0.2, 0.25) is 17.7 Å². The number of rotatable bonds is 17. The molecule has 4 heterocycles. The first-order chi connectivity index (χ1) is 31.1. The number of benzene rings is 3. The second-order valence-corrected chi connectivity index (χ2v) is 23.1. The normalized spacial score (nSPS) is 18.2. The van der Waals surface area contributed by atoms with Crippen LogP contribution in [0.1, 0.15) is 49.2 Å². The van der Waals surface area contributed by atoms with E-state index < -0.39 is 77.3 Å². The molecular weight excluding hydrogens is 915 g/mol. The first-order valence-electron chi connectivity index (χ1n) is 20.4. The van der Waals surface area contributed by atoms with Crippen molar-refractivity contribution < 1.29 is 53.4 Å². The lowest BCUT2D eigenvalue weighted by molar-refractivity contribution is -0.153. The summed E-state index contributed by atoms with van der Waals surface area (Å²) in [4.78, 5) is 95.0. The van der Waals surface area contributed by atoms with Gasteiger partial charge in [-0.2, -0.15) is 9.85 Å². The highest BCUT2D eigenvalue weighted by Gasteiger charge is 2.56. The van der Waals surface area contributed by atoms with E-state index >= 15 is 0 Å². The Bertz CT molecular complexity index is 2490. The van der Waals surface area contributed by atoms with E-state index in [0.29, 0.717) is 12.1 Å². The van der Waals surface area contributed by atoms with Crippen LogP contribution in [0.15, 0.2) is 106 Å². The molecule has 3 aromatic carbocycles. The van der Waals surface area contributed by atoms with Crippen LogP contribution < -0.4 is 26.5 Å². The van der Waals surface area contributed by atoms with Gasteiger partial charge in [-0.3, -0.25) is 29.0 Å². The van der Waals surface area contributed by atoms with Gasteiger partial charge in [0.25, 0.3) is 8.32 Å². The number of urea groups is 1. The summed E-state index contributed by atoms with van der Waals surface area (Å²) in [5.41, 5.74) is 3.18. The number of likely N-dealkylation sites (N-methyl/N-ethyl adjacent to an activating group) is 1. The average Bonchev–Trinajstić information content (AvgIpc) is 3.68. The number of aliphatic carboxylic acids is 1. The molecule has 3 aliphatic heterocycles. The van der Waals surface area contributed by atoms with Crippen LogP contribution in [0.2, 0.25) is 5.04 Å². The molecule has 6 N–H and O–H groups in total. The van der Waals surface area contributed by atoms with E-state index in [-0.39, 0.29) is 53.2 Å². The Labute approximate surface area is 386 Å². The van der Waals surface area contributed by atoms with E-state index in [1.807, 2.05) is 74.5 Å². The van der Waals surface area contributed by atoms with Gasteiger partial charge in [0.05, 0.1) is 16.0 Å². The summed E-state index contributed by atoms with van der Waals surface area (Å²) in [6.45, 7) is 5.94. The van der Waals surface area contributed by atoms with Crippen molar-refractivity contribution in [2.24, 2.45) is 0 Å². The van der Waals surface area contributed by atoms with Crippen LogP contribution in [-0.4, -0.2) is 127 Å². The molecular formula is C43H45N7O11S3Si. The van der Waals surface area contributed by atoms with E-state index in [1.54, 1.807) is 37.3 Å². The second kappa shape index (κ2) is 19.6. The summed E-state index contributed by atoms with van der Waals surface area (Å²) in [5.74, 6) is -6.38. The van der Waals surface area contributed by atoms with Crippen LogP contribution in [0.4, 0.5) is 4.79 Å². The molecule has 1 aromatic heterocycles. The van der Waals surface area contributed by atoms with Gasteiger partial charge in [-0.1, -0.05) is 105 Å². The third kappa shape index (κ3) is 9.26. The number of β-lactam (4-membered cyclic amide) rings is 1. The van der Waals surface area contributed by atoms with Gasteiger partial charge in [-0.25, -0.2) is 14.4 Å². The highest BCUT2D eigenvalue weighted by Crippen LogP contribution is 2.46. The standard InChI is InChI=1S/C43H45N7O11S3Si/c1-4-48-20-21-49(38(55)37(48)54)42(60)45-32(25-14-8-5-9-15-25)35(53)44-24-43(2,3)65(26-16-10-6-11-17-26,27-18-12-7-13-19-27)61-46-36-28(23-62-41-31(39(56)57)34(52)47-64-41)33(40(58)59)50-29(51)22-30(50)63-36/h5-19,30,32,36,46H,4,20-24H2,1-3H3,(H,44,53)(H,45,60)(H,47,52)(H,56,57)(H,58,59)/t30-,32?,36?/m1/s1. The smallest absolute Gasteiger partial charge is 0.352 e. The Morgan fingerprint density at radius 3 is 2.09 bits per heavy atom. The summed E-state index contributed by atoms with van der Waals surface area (Å²) in [7, 11) is -3.74. The Balaban J connectivity index is 1.22. The maximum Gasteiger partial charge on any atom is 0.352 e. The van der Waals surface area contributed by atoms with Gasteiger partial charge >= 0.3 is 29.8 Å². The fraction of sp³-hybridized carbons (Fsp3) is 0.302. The molecule has 2 unspecified atom stereocenters. The van der Waals surface area contributed by atoms with Gasteiger partial charge in [-0.05, 0) is 34.4 Å². The molecule has 0 saturated carbocycles. The molecule has 7 rings (SSSR count). The number of hydrogen-bond acceptors (Lipinski definition) is 14. The van der Waals surface area contributed by atoms with Crippen molar-refractivity contribution in [1.29, 1.82) is 0 Å². The molecule has 340 valence electrons. The highest BCUT2D eigenvalue weighted by atomic mass is 32.2. The van der Waals surface area contributed by atoms with Crippen LogP contribution in [0.5, 0.6) is 5.88 Å². The summed E-state index contributed by atoms with van der Waals surface area (Å²) in [6.07, 6.45) is 0.0714. The summed E-state index contributed by atoms with van der Waals surface area (Å²) >= 11 is 2.96. The van der Waals surface area contributed by atoms with E-state index in [1.165, 1.54) is 21.6 Å². The fourth-order valence-corrected chi connectivity index (χ4v) is 15.9. The Morgan fingerprint density at radius 1 is 0.908 bits per heavy atom. The molecule has 22 heteroatoms. The number of carboxylic acid groups (broad SMARTS) is 2. The SMILES string of the molecule is CCN1CCN(C(=O)NC(C(=O)NCC(C)(C)[Si](ONC2S[C@@H]3CC(=O)N3C(C(=O)O)=C2CSc2snc(O)c2C(=O)O)(c2ccccc2)c2ccccc2)c2ccccc2)C(=O)C1=O. The van der Waals surface area contributed by atoms with Crippen molar-refractivity contribution in [3.8, 4) is 5.88 Å². The number of nitrogens with zero attached hydrogens (tertiary/aromatic N) is 4. The number of carboxylic acids is 2. The van der Waals surface area contributed by atoms with Gasteiger partial charge in [0.1, 0.15) is 22.7 Å². The minimum atomic E-state index is -3.74. The lowest BCUT2D eigenvalue weighted by atomic mass is 10.1. The number of aromatic nitrogens is 1. The third-order valence-electron chi connectivity index (χ3n) is 11.4. The van der Waals surface area contributed by atoms with Crippen molar-refractivity contribution in [1.82, 2.24) is 35.2 Å². The van der Waals surface area contributed by atoms with Gasteiger partial charge in [0.15, 0.2) is 0 Å². The van der Waals surface area contributed by atoms with Gasteiger partial charge < -0.3 is 35.4 Å². The van der Waals surface area contributed by atoms with Crippen LogP contribution in [-0.2, 0) is 28.5 Å². The monoisotopic (exact) mass is 959 g/mol. The van der Waals surface area contributed by atoms with Crippen LogP contribution in [0.3, 0.4) is 0 Å². The first kappa shape index (κ1) is 46.9. The first-order valence-corrected chi connectivity index (χ1v) is 25.0. The van der Waals surface area contributed by atoms with E-state index in [9.17, 15) is 48.9 Å². The van der Waals surface area contributed by atoms with Crippen molar-refractivity contribution in [2.75, 3.05) is 31.9 Å². The number of thioether (sulfide) groups is 2. The number of imide groups is 1. The molecule has 0 aliphatic carbocycles. The summed E-state index contributed by atoms with van der Waals surface area (Å²) < 4.78 is 11.1. The van der Waals surface area contributed by atoms with Crippen LogP contribution in [0.25, 0.3) is 0 Å². The van der Waals surface area contributed by atoms with Crippen molar-refractivity contribution in [3.63, 3.8) is 0 Å². The van der Waals surface area contributed by atoms with Crippen molar-refractivity contribution in [3.05, 3.63) is 113 Å². The largest absolute Gasteiger partial charge is 0.492 e. The molecule has 4 aromatic rings. The number of piperazine rings is 1. The average molecular weight is 960 g/mol. The van der Waals surface area contributed by atoms with Crippen LogP contribution >= 0.6 is 35.1 Å². The number of aromatic carboxylic acids is 1. The van der Waals surface area contributed by atoms with Gasteiger partial charge in [-0.15, -0.1) is 23.5 Å². The van der Waals surface area contributed by atoms with E-state index in [0.717, 1.165) is 38.6 Å². The Hall–Kier alpha value is -6.04. The summed E-state index contributed by atoms with van der Waals surface area (Å²) in [5, 5.41) is 35.3. The highest BCUT2D eigenvalue weighted by molar-refractivity contribution is 8.02. The molecule has 18 nitrogen and oxygen atoms in total. The zero-order valence-electron chi connectivity index (χ0n) is 35.3. The quantitative estimate of drug-likeness (QED) is 0.0293. The van der Waals surface area contributed by atoms with E-state index in [2.05, 4.69) is 20.5 Å². The van der Waals surface area contributed by atoms with E-state index in [4.69, 9.17) is 4.53 Å². The molecule has 2 fully saturated rings. The minimum absolute atomic E-state index is 0.0379. The topological polar surface area (TPSA) is 248 Å². The number of hydrogen-bond donors (Lipinski definition) is 6. The lowest BCUT2D eigenvalue weighted by Crippen LogP contribution is -2.71. The maximum absolute atomic E-state index is 14.5. The fourth-order valence-electron chi connectivity index (χ4n) is 8.00. The predicted molar refractivity (Wildman–Crippen MR) is 244 cm³/mol. The predicted octanol–water partition coefficient (Wildman–Crippen LogP) is 2.93. The molecule has 0 radical (unpaired) electrons. The molecule has 3 aliphatic rings. The molecule has 6 amide bonds. The number of carbonyl (C=O) groups excluding carboxylic acids is 5. The number of nitrogens with one attached hydrogen (secondary N) is 3. The zero-order chi connectivity index (χ0) is 46.6. The number of carbonyl (C=O) groups is 7.